The molecule has 0 saturated heterocycles. The van der Waals surface area contributed by atoms with E-state index >= 15 is 0 Å². The monoisotopic (exact) mass is 236 g/mol. The van der Waals surface area contributed by atoms with Crippen molar-refractivity contribution in [2.45, 2.75) is 26.2 Å². The Morgan fingerprint density at radius 3 is 2.53 bits per heavy atom. The fraction of sp³-hybridized carbons (Fsp3) is 0.571. The number of rotatable bonds is 4. The SMILES string of the molecule is CC(C)CC(CO)c1ccc2c(c1)OCCO2. The number of aliphatic hydroxyl groups is 1. The second kappa shape index (κ2) is 5.41. The van der Waals surface area contributed by atoms with Crippen LogP contribution < -0.4 is 9.47 Å². The van der Waals surface area contributed by atoms with Crippen LogP contribution in [-0.2, 0) is 0 Å². The van der Waals surface area contributed by atoms with Crippen molar-refractivity contribution >= 4 is 0 Å². The van der Waals surface area contributed by atoms with Gasteiger partial charge in [-0.25, -0.2) is 0 Å². The molecule has 1 heterocycles. The summed E-state index contributed by atoms with van der Waals surface area (Å²) in [6.07, 6.45) is 0.982. The van der Waals surface area contributed by atoms with E-state index in [2.05, 4.69) is 13.8 Å². The van der Waals surface area contributed by atoms with E-state index in [0.717, 1.165) is 23.5 Å². The van der Waals surface area contributed by atoms with Crippen molar-refractivity contribution < 1.29 is 14.6 Å². The standard InChI is InChI=1S/C14H20O3/c1-10(2)7-12(9-15)11-3-4-13-14(8-11)17-6-5-16-13/h3-4,8,10,12,15H,5-7,9H2,1-2H3. The molecule has 0 bridgehead atoms. The van der Waals surface area contributed by atoms with E-state index in [-0.39, 0.29) is 12.5 Å². The van der Waals surface area contributed by atoms with Crippen LogP contribution in [0, 0.1) is 5.92 Å². The topological polar surface area (TPSA) is 38.7 Å². The number of hydrogen-bond donors (Lipinski definition) is 1. The lowest BCUT2D eigenvalue weighted by Gasteiger charge is -2.22. The summed E-state index contributed by atoms with van der Waals surface area (Å²) in [4.78, 5) is 0. The molecule has 3 heteroatoms. The van der Waals surface area contributed by atoms with Gasteiger partial charge in [-0.1, -0.05) is 19.9 Å². The van der Waals surface area contributed by atoms with Crippen molar-refractivity contribution in [1.29, 1.82) is 0 Å². The summed E-state index contributed by atoms with van der Waals surface area (Å²) in [5, 5.41) is 9.46. The maximum absolute atomic E-state index is 9.46. The van der Waals surface area contributed by atoms with Gasteiger partial charge in [-0.15, -0.1) is 0 Å². The smallest absolute Gasteiger partial charge is 0.161 e. The second-order valence-corrected chi connectivity index (χ2v) is 4.91. The molecule has 0 aromatic heterocycles. The van der Waals surface area contributed by atoms with E-state index in [0.29, 0.717) is 19.1 Å². The predicted molar refractivity (Wildman–Crippen MR) is 66.7 cm³/mol. The van der Waals surface area contributed by atoms with Gasteiger partial charge in [-0.05, 0) is 30.0 Å². The number of hydrogen-bond acceptors (Lipinski definition) is 3. The van der Waals surface area contributed by atoms with Crippen molar-refractivity contribution in [3.63, 3.8) is 0 Å². The summed E-state index contributed by atoms with van der Waals surface area (Å²) in [7, 11) is 0. The molecule has 17 heavy (non-hydrogen) atoms. The zero-order valence-electron chi connectivity index (χ0n) is 10.5. The first-order chi connectivity index (χ1) is 8.20. The molecule has 1 aliphatic heterocycles. The summed E-state index contributed by atoms with van der Waals surface area (Å²) in [6, 6.07) is 5.96. The third-order valence-electron chi connectivity index (χ3n) is 3.01. The third-order valence-corrected chi connectivity index (χ3v) is 3.01. The molecule has 1 unspecified atom stereocenters. The predicted octanol–water partition coefficient (Wildman–Crippen LogP) is 2.58. The number of aliphatic hydroxyl groups excluding tert-OH is 1. The normalized spacial score (nSPS) is 16.0. The van der Waals surface area contributed by atoms with E-state index in [1.54, 1.807) is 0 Å². The Kier molecular flexibility index (Phi) is 3.89. The van der Waals surface area contributed by atoms with Gasteiger partial charge in [0.25, 0.3) is 0 Å². The molecule has 1 atom stereocenters. The van der Waals surface area contributed by atoms with Crippen molar-refractivity contribution in [1.82, 2.24) is 0 Å². The molecule has 1 aliphatic rings. The van der Waals surface area contributed by atoms with Crippen LogP contribution in [0.15, 0.2) is 18.2 Å². The minimum absolute atomic E-state index is 0.178. The van der Waals surface area contributed by atoms with E-state index in [1.165, 1.54) is 0 Å². The Hall–Kier alpha value is -1.22. The van der Waals surface area contributed by atoms with Gasteiger partial charge >= 0.3 is 0 Å². The fourth-order valence-corrected chi connectivity index (χ4v) is 2.20. The first-order valence-electron chi connectivity index (χ1n) is 6.21. The Morgan fingerprint density at radius 1 is 1.18 bits per heavy atom. The molecule has 94 valence electrons. The van der Waals surface area contributed by atoms with Crippen LogP contribution in [0.2, 0.25) is 0 Å². The minimum Gasteiger partial charge on any atom is -0.486 e. The molecule has 3 nitrogen and oxygen atoms in total. The molecule has 0 fully saturated rings. The van der Waals surface area contributed by atoms with Crippen LogP contribution in [0.5, 0.6) is 11.5 Å². The highest BCUT2D eigenvalue weighted by atomic mass is 16.6. The molecule has 0 saturated carbocycles. The highest BCUT2D eigenvalue weighted by molar-refractivity contribution is 5.44. The lowest BCUT2D eigenvalue weighted by molar-refractivity contribution is 0.171. The highest BCUT2D eigenvalue weighted by Crippen LogP contribution is 2.34. The molecule has 2 rings (SSSR count). The Morgan fingerprint density at radius 2 is 1.88 bits per heavy atom. The quantitative estimate of drug-likeness (QED) is 0.873. The van der Waals surface area contributed by atoms with E-state index in [1.807, 2.05) is 18.2 Å². The molecule has 0 spiro atoms. The molecule has 0 amide bonds. The minimum atomic E-state index is 0.178. The third kappa shape index (κ3) is 2.91. The van der Waals surface area contributed by atoms with Crippen molar-refractivity contribution in [3.8, 4) is 11.5 Å². The Labute approximate surface area is 102 Å². The van der Waals surface area contributed by atoms with Gasteiger partial charge in [0.15, 0.2) is 11.5 Å². The fourth-order valence-electron chi connectivity index (χ4n) is 2.20. The van der Waals surface area contributed by atoms with Crippen LogP contribution in [0.4, 0.5) is 0 Å². The number of benzene rings is 1. The molecular formula is C14H20O3. The molecule has 0 aliphatic carbocycles. The number of fused-ring (bicyclic) bond motifs is 1. The zero-order chi connectivity index (χ0) is 12.3. The maximum Gasteiger partial charge on any atom is 0.161 e. The van der Waals surface area contributed by atoms with Crippen LogP contribution in [0.25, 0.3) is 0 Å². The zero-order valence-corrected chi connectivity index (χ0v) is 10.5. The van der Waals surface area contributed by atoms with Crippen molar-refractivity contribution in [2.24, 2.45) is 5.92 Å². The van der Waals surface area contributed by atoms with E-state index in [4.69, 9.17) is 9.47 Å². The van der Waals surface area contributed by atoms with E-state index in [9.17, 15) is 5.11 Å². The largest absolute Gasteiger partial charge is 0.486 e. The first-order valence-corrected chi connectivity index (χ1v) is 6.21. The van der Waals surface area contributed by atoms with Crippen molar-refractivity contribution in [2.75, 3.05) is 19.8 Å². The molecule has 0 radical (unpaired) electrons. The molecule has 1 aromatic carbocycles. The van der Waals surface area contributed by atoms with Gasteiger partial charge < -0.3 is 14.6 Å². The van der Waals surface area contributed by atoms with E-state index < -0.39 is 0 Å². The average Bonchev–Trinajstić information content (AvgIpc) is 2.35. The Balaban J connectivity index is 2.19. The second-order valence-electron chi connectivity index (χ2n) is 4.91. The lowest BCUT2D eigenvalue weighted by Crippen LogP contribution is -2.16. The summed E-state index contributed by atoms with van der Waals surface area (Å²) in [5.74, 6) is 2.36. The van der Waals surface area contributed by atoms with Crippen LogP contribution in [-0.4, -0.2) is 24.9 Å². The average molecular weight is 236 g/mol. The van der Waals surface area contributed by atoms with Gasteiger partial charge in [0.2, 0.25) is 0 Å². The highest BCUT2D eigenvalue weighted by Gasteiger charge is 2.17. The summed E-state index contributed by atoms with van der Waals surface area (Å²) in [6.45, 7) is 5.73. The van der Waals surface area contributed by atoms with Crippen LogP contribution in [0.1, 0.15) is 31.7 Å². The van der Waals surface area contributed by atoms with Crippen LogP contribution >= 0.6 is 0 Å². The molecule has 1 aromatic rings. The van der Waals surface area contributed by atoms with Gasteiger partial charge in [0.05, 0.1) is 0 Å². The van der Waals surface area contributed by atoms with Crippen molar-refractivity contribution in [3.05, 3.63) is 23.8 Å². The summed E-state index contributed by atoms with van der Waals surface area (Å²) >= 11 is 0. The summed E-state index contributed by atoms with van der Waals surface area (Å²) < 4.78 is 11.0. The summed E-state index contributed by atoms with van der Waals surface area (Å²) in [5.41, 5.74) is 1.13. The lowest BCUT2D eigenvalue weighted by atomic mass is 9.91. The Bertz CT molecular complexity index is 374. The van der Waals surface area contributed by atoms with Gasteiger partial charge in [-0.2, -0.15) is 0 Å². The van der Waals surface area contributed by atoms with Crippen LogP contribution in [0.3, 0.4) is 0 Å². The first kappa shape index (κ1) is 12.2. The van der Waals surface area contributed by atoms with Gasteiger partial charge in [0, 0.05) is 12.5 Å². The number of ether oxygens (including phenoxy) is 2. The molecule has 1 N–H and O–H groups in total. The molecular weight excluding hydrogens is 216 g/mol. The maximum atomic E-state index is 9.46. The van der Waals surface area contributed by atoms with Gasteiger partial charge in [0.1, 0.15) is 13.2 Å². The van der Waals surface area contributed by atoms with Gasteiger partial charge in [-0.3, -0.25) is 0 Å².